The Balaban J connectivity index is 1.49. The van der Waals surface area contributed by atoms with Gasteiger partial charge in [-0.1, -0.05) is 86.6 Å². The van der Waals surface area contributed by atoms with Gasteiger partial charge in [0.2, 0.25) is 11.1 Å². The summed E-state index contributed by atoms with van der Waals surface area (Å²) in [4.78, 5) is 18.1. The van der Waals surface area contributed by atoms with Crippen LogP contribution in [0.2, 0.25) is 5.02 Å². The molecule has 0 amide bonds. The van der Waals surface area contributed by atoms with Gasteiger partial charge in [0.25, 0.3) is 0 Å². The number of hydrogen-bond donors (Lipinski definition) is 1. The highest BCUT2D eigenvalue weighted by atomic mass is 79.9. The molecule has 8 nitrogen and oxygen atoms in total. The number of nitrogens with one attached hydrogen (secondary N) is 1. The number of esters is 1. The van der Waals surface area contributed by atoms with Crippen LogP contribution >= 0.6 is 39.3 Å². The molecule has 0 aliphatic carbocycles. The quantitative estimate of drug-likeness (QED) is 0.121. The maximum atomic E-state index is 13.4. The largest absolute Gasteiger partial charge is 0.490 e. The zero-order valence-electron chi connectivity index (χ0n) is 26.8. The van der Waals surface area contributed by atoms with Crippen molar-refractivity contribution in [3.63, 3.8) is 0 Å². The monoisotopic (exact) mass is 724 g/mol. The van der Waals surface area contributed by atoms with Crippen molar-refractivity contribution >= 4 is 51.2 Å². The fourth-order valence-corrected chi connectivity index (χ4v) is 6.83. The zero-order valence-corrected chi connectivity index (χ0v) is 30.0. The molecule has 1 aliphatic heterocycles. The Labute approximate surface area is 288 Å². The van der Waals surface area contributed by atoms with Crippen LogP contribution in [-0.2, 0) is 27.3 Å². The highest BCUT2D eigenvalue weighted by Gasteiger charge is 2.36. The van der Waals surface area contributed by atoms with E-state index in [1.807, 2.05) is 50.2 Å². The lowest BCUT2D eigenvalue weighted by atomic mass is 9.87. The third kappa shape index (κ3) is 7.56. The standard InChI is InChI=1S/C35H38BrClN4O4S/c1-7-43-28-18-24(17-26(36)31(28)45-19-22-13-15-25(16-14-22)35(4,5)6)30-29(32(42)44-8-2)21(3)38-33-39-34(40-41(30)33)46-20-23-11-9-10-12-27(23)37/h9-18,30H,7-8,19-20H2,1-6H3,(H,38,39,40). The van der Waals surface area contributed by atoms with E-state index in [0.29, 0.717) is 62.3 Å². The van der Waals surface area contributed by atoms with Crippen LogP contribution in [0.25, 0.3) is 0 Å². The van der Waals surface area contributed by atoms with E-state index in [1.165, 1.54) is 17.3 Å². The van der Waals surface area contributed by atoms with Crippen LogP contribution in [0, 0.1) is 0 Å². The molecular weight excluding hydrogens is 688 g/mol. The summed E-state index contributed by atoms with van der Waals surface area (Å²) in [5.74, 6) is 1.80. The molecule has 3 aromatic carbocycles. The number of aromatic nitrogens is 3. The molecule has 0 saturated heterocycles. The third-order valence-corrected chi connectivity index (χ3v) is 9.34. The Morgan fingerprint density at radius 2 is 1.80 bits per heavy atom. The van der Waals surface area contributed by atoms with Crippen LogP contribution in [0.4, 0.5) is 5.95 Å². The molecule has 1 aromatic heterocycles. The maximum Gasteiger partial charge on any atom is 0.338 e. The van der Waals surface area contributed by atoms with E-state index < -0.39 is 12.0 Å². The first-order valence-corrected chi connectivity index (χ1v) is 17.3. The number of rotatable bonds is 11. The highest BCUT2D eigenvalue weighted by Crippen LogP contribution is 2.44. The van der Waals surface area contributed by atoms with Gasteiger partial charge in [-0.3, -0.25) is 0 Å². The van der Waals surface area contributed by atoms with E-state index in [2.05, 4.69) is 66.3 Å². The Morgan fingerprint density at radius 3 is 2.48 bits per heavy atom. The van der Waals surface area contributed by atoms with E-state index in [9.17, 15) is 4.79 Å². The second kappa shape index (κ2) is 14.5. The summed E-state index contributed by atoms with van der Waals surface area (Å²) in [6.07, 6.45) is 0. The van der Waals surface area contributed by atoms with E-state index in [0.717, 1.165) is 16.7 Å². The fourth-order valence-electron chi connectivity index (χ4n) is 5.14. The van der Waals surface area contributed by atoms with E-state index in [-0.39, 0.29) is 12.0 Å². The molecule has 0 fully saturated rings. The van der Waals surface area contributed by atoms with Gasteiger partial charge in [0, 0.05) is 16.5 Å². The Hall–Kier alpha value is -3.47. The maximum absolute atomic E-state index is 13.4. The summed E-state index contributed by atoms with van der Waals surface area (Å²) in [7, 11) is 0. The molecule has 0 radical (unpaired) electrons. The van der Waals surface area contributed by atoms with Crippen molar-refractivity contribution in [3.8, 4) is 11.5 Å². The predicted octanol–water partition coefficient (Wildman–Crippen LogP) is 9.11. The van der Waals surface area contributed by atoms with Crippen LogP contribution in [0.3, 0.4) is 0 Å². The lowest BCUT2D eigenvalue weighted by Crippen LogP contribution is -2.29. The van der Waals surface area contributed by atoms with Gasteiger partial charge in [-0.15, -0.1) is 5.10 Å². The number of fused-ring (bicyclic) bond motifs is 1. The molecular formula is C35H38BrClN4O4S. The van der Waals surface area contributed by atoms with Crippen LogP contribution in [-0.4, -0.2) is 33.9 Å². The van der Waals surface area contributed by atoms with E-state index >= 15 is 0 Å². The molecule has 0 bridgehead atoms. The average molecular weight is 726 g/mol. The van der Waals surface area contributed by atoms with Gasteiger partial charge in [0.1, 0.15) is 12.6 Å². The first kappa shape index (κ1) is 33.9. The van der Waals surface area contributed by atoms with Crippen molar-refractivity contribution in [2.24, 2.45) is 0 Å². The van der Waals surface area contributed by atoms with E-state index in [4.69, 9.17) is 35.9 Å². The van der Waals surface area contributed by atoms with Crippen LogP contribution in [0.5, 0.6) is 11.5 Å². The summed E-state index contributed by atoms with van der Waals surface area (Å²) < 4.78 is 20.3. The topological polar surface area (TPSA) is 87.5 Å². The van der Waals surface area contributed by atoms with Gasteiger partial charge < -0.3 is 19.5 Å². The summed E-state index contributed by atoms with van der Waals surface area (Å²) in [5.41, 5.74) is 5.19. The van der Waals surface area contributed by atoms with Gasteiger partial charge in [0.05, 0.1) is 23.3 Å². The lowest BCUT2D eigenvalue weighted by molar-refractivity contribution is -0.139. The molecule has 0 saturated carbocycles. The van der Waals surface area contributed by atoms with Crippen molar-refractivity contribution in [1.29, 1.82) is 0 Å². The molecule has 1 aliphatic rings. The molecule has 5 rings (SSSR count). The molecule has 11 heteroatoms. The molecule has 1 atom stereocenters. The van der Waals surface area contributed by atoms with Gasteiger partial charge in [-0.05, 0) is 82.6 Å². The van der Waals surface area contributed by atoms with Crippen molar-refractivity contribution in [2.45, 2.75) is 70.5 Å². The summed E-state index contributed by atoms with van der Waals surface area (Å²) in [5, 5.41) is 9.34. The average Bonchev–Trinajstić information content (AvgIpc) is 3.41. The van der Waals surface area contributed by atoms with Gasteiger partial charge >= 0.3 is 5.97 Å². The van der Waals surface area contributed by atoms with Crippen molar-refractivity contribution in [3.05, 3.63) is 104 Å². The number of carbonyl (C=O) groups excluding carboxylic acids is 1. The third-order valence-electron chi connectivity index (χ3n) is 7.49. The Kier molecular flexibility index (Phi) is 10.7. The lowest BCUT2D eigenvalue weighted by Gasteiger charge is -2.29. The number of ether oxygens (including phenoxy) is 3. The van der Waals surface area contributed by atoms with Gasteiger partial charge in [-0.25, -0.2) is 9.48 Å². The molecule has 242 valence electrons. The van der Waals surface area contributed by atoms with E-state index in [1.54, 1.807) is 11.6 Å². The minimum atomic E-state index is -0.632. The summed E-state index contributed by atoms with van der Waals surface area (Å²) >= 11 is 11.6. The Morgan fingerprint density at radius 1 is 1.07 bits per heavy atom. The van der Waals surface area contributed by atoms with Crippen LogP contribution in [0.1, 0.15) is 69.8 Å². The summed E-state index contributed by atoms with van der Waals surface area (Å²) in [6.45, 7) is 13.2. The Bertz CT molecular complexity index is 1750. The molecule has 4 aromatic rings. The molecule has 0 spiro atoms. The normalized spacial score (nSPS) is 14.5. The van der Waals surface area contributed by atoms with Crippen LogP contribution in [0.15, 0.2) is 81.6 Å². The highest BCUT2D eigenvalue weighted by molar-refractivity contribution is 9.10. The fraction of sp³-hybridized carbons (Fsp3) is 0.343. The molecule has 46 heavy (non-hydrogen) atoms. The minimum absolute atomic E-state index is 0.0727. The number of thioether (sulfide) groups is 1. The first-order chi connectivity index (χ1) is 22.0. The number of benzene rings is 3. The van der Waals surface area contributed by atoms with Gasteiger partial charge in [0.15, 0.2) is 11.5 Å². The number of carbonyl (C=O) groups is 1. The zero-order chi connectivity index (χ0) is 33.0. The second-order valence-corrected chi connectivity index (χ2v) is 14.0. The second-order valence-electron chi connectivity index (χ2n) is 11.8. The number of anilines is 1. The SMILES string of the molecule is CCOC(=O)C1=C(C)Nc2nc(SCc3ccccc3Cl)nn2C1c1cc(Br)c(OCc2ccc(C(C)(C)C)cc2)c(OCC)c1. The number of halogens is 2. The van der Waals surface area contributed by atoms with Crippen molar-refractivity contribution < 1.29 is 19.0 Å². The predicted molar refractivity (Wildman–Crippen MR) is 187 cm³/mol. The van der Waals surface area contributed by atoms with Gasteiger partial charge in [-0.2, -0.15) is 4.98 Å². The van der Waals surface area contributed by atoms with Crippen molar-refractivity contribution in [1.82, 2.24) is 14.8 Å². The number of nitrogens with zero attached hydrogens (tertiary/aromatic N) is 3. The summed E-state index contributed by atoms with van der Waals surface area (Å²) in [6, 6.07) is 19.4. The number of allylic oxidation sites excluding steroid dienone is 1. The molecule has 2 heterocycles. The van der Waals surface area contributed by atoms with Crippen LogP contribution < -0.4 is 14.8 Å². The molecule has 1 N–H and O–H groups in total. The number of hydrogen-bond acceptors (Lipinski definition) is 8. The minimum Gasteiger partial charge on any atom is -0.490 e. The van der Waals surface area contributed by atoms with Crippen molar-refractivity contribution in [2.75, 3.05) is 18.5 Å². The smallest absolute Gasteiger partial charge is 0.338 e. The first-order valence-electron chi connectivity index (χ1n) is 15.2. The molecule has 1 unspecified atom stereocenters.